The summed E-state index contributed by atoms with van der Waals surface area (Å²) in [5.74, 6) is 3.48. The Kier molecular flexibility index (Phi) is 7.99. The second-order valence-corrected chi connectivity index (χ2v) is 13.7. The van der Waals surface area contributed by atoms with Gasteiger partial charge in [0.05, 0.1) is 0 Å². The topological polar surface area (TPSA) is 69.7 Å². The first-order valence-electron chi connectivity index (χ1n) is 14.7. The lowest BCUT2D eigenvalue weighted by atomic mass is 9.43. The number of carbonyl (C=O) groups excluding carboxylic acids is 3. The predicted octanol–water partition coefficient (Wildman–Crippen LogP) is 6.76. The first kappa shape index (κ1) is 27.6. The molecular formula is C31H50O5. The van der Waals surface area contributed by atoms with Gasteiger partial charge in [0, 0.05) is 32.1 Å². The van der Waals surface area contributed by atoms with Crippen molar-refractivity contribution in [3.8, 4) is 0 Å². The van der Waals surface area contributed by atoms with Gasteiger partial charge < -0.3 is 9.47 Å². The maximum absolute atomic E-state index is 12.3. The highest BCUT2D eigenvalue weighted by atomic mass is 16.5. The number of esters is 2. The molecule has 3 unspecified atom stereocenters. The number of Topliss-reactive ketones (excluding diaryl/α,β-unsaturated/α-hetero) is 1. The van der Waals surface area contributed by atoms with Gasteiger partial charge in [-0.25, -0.2) is 0 Å². The van der Waals surface area contributed by atoms with E-state index in [9.17, 15) is 14.4 Å². The third kappa shape index (κ3) is 5.01. The summed E-state index contributed by atoms with van der Waals surface area (Å²) in [6, 6.07) is 0. The van der Waals surface area contributed by atoms with Crippen molar-refractivity contribution >= 4 is 17.7 Å². The van der Waals surface area contributed by atoms with Crippen LogP contribution in [-0.2, 0) is 23.9 Å². The van der Waals surface area contributed by atoms with Gasteiger partial charge in [-0.05, 0) is 98.2 Å². The van der Waals surface area contributed by atoms with Crippen LogP contribution in [0.4, 0.5) is 0 Å². The molecule has 4 aliphatic carbocycles. The Hall–Kier alpha value is -1.39. The lowest BCUT2D eigenvalue weighted by Crippen LogP contribution is -2.59. The highest BCUT2D eigenvalue weighted by Gasteiger charge is 2.63. The van der Waals surface area contributed by atoms with E-state index in [1.54, 1.807) is 0 Å². The highest BCUT2D eigenvalue weighted by molar-refractivity contribution is 5.80. The van der Waals surface area contributed by atoms with Crippen LogP contribution in [-0.4, -0.2) is 29.9 Å². The molecule has 0 saturated heterocycles. The monoisotopic (exact) mass is 502 g/mol. The Morgan fingerprint density at radius 2 is 1.44 bits per heavy atom. The van der Waals surface area contributed by atoms with Crippen LogP contribution in [0.1, 0.15) is 113 Å². The van der Waals surface area contributed by atoms with E-state index in [0.29, 0.717) is 47.2 Å². The van der Waals surface area contributed by atoms with Crippen molar-refractivity contribution < 1.29 is 23.9 Å². The van der Waals surface area contributed by atoms with Crippen LogP contribution in [0.3, 0.4) is 0 Å². The van der Waals surface area contributed by atoms with Crippen molar-refractivity contribution in [2.24, 2.45) is 52.3 Å². The zero-order valence-corrected chi connectivity index (χ0v) is 23.8. The second-order valence-electron chi connectivity index (χ2n) is 13.7. The molecule has 5 nitrogen and oxygen atoms in total. The summed E-state index contributed by atoms with van der Waals surface area (Å²) in [4.78, 5) is 36.2. The van der Waals surface area contributed by atoms with E-state index >= 15 is 0 Å². The zero-order chi connectivity index (χ0) is 26.4. The van der Waals surface area contributed by atoms with Crippen LogP contribution in [0.15, 0.2) is 0 Å². The highest BCUT2D eigenvalue weighted by Crippen LogP contribution is 2.68. The fourth-order valence-electron chi connectivity index (χ4n) is 9.75. The number of ether oxygens (including phenoxy) is 2. The van der Waals surface area contributed by atoms with Gasteiger partial charge >= 0.3 is 11.9 Å². The fraction of sp³-hybridized carbons (Fsp3) is 0.903. The van der Waals surface area contributed by atoms with Crippen molar-refractivity contribution in [2.75, 3.05) is 0 Å². The molecule has 10 atom stereocenters. The molecule has 0 N–H and O–H groups in total. The van der Waals surface area contributed by atoms with Crippen molar-refractivity contribution in [3.63, 3.8) is 0 Å². The lowest BCUT2D eigenvalue weighted by molar-refractivity contribution is -0.197. The van der Waals surface area contributed by atoms with E-state index in [0.717, 1.165) is 32.1 Å². The molecule has 5 heteroatoms. The Bertz CT molecular complexity index is 850. The van der Waals surface area contributed by atoms with Gasteiger partial charge in [0.1, 0.15) is 18.0 Å². The molecule has 0 aromatic rings. The molecule has 0 radical (unpaired) electrons. The van der Waals surface area contributed by atoms with E-state index in [2.05, 4.69) is 20.8 Å². The molecule has 36 heavy (non-hydrogen) atoms. The first-order chi connectivity index (χ1) is 16.9. The van der Waals surface area contributed by atoms with Gasteiger partial charge in [0.2, 0.25) is 0 Å². The van der Waals surface area contributed by atoms with E-state index in [1.165, 1.54) is 39.5 Å². The molecule has 0 amide bonds. The largest absolute Gasteiger partial charge is 0.463 e. The minimum Gasteiger partial charge on any atom is -0.463 e. The van der Waals surface area contributed by atoms with Crippen molar-refractivity contribution in [3.05, 3.63) is 0 Å². The minimum atomic E-state index is -0.212. The van der Waals surface area contributed by atoms with Crippen LogP contribution < -0.4 is 0 Å². The summed E-state index contributed by atoms with van der Waals surface area (Å²) < 4.78 is 11.7. The van der Waals surface area contributed by atoms with Gasteiger partial charge in [-0.2, -0.15) is 0 Å². The van der Waals surface area contributed by atoms with Gasteiger partial charge in [0.25, 0.3) is 0 Å². The predicted molar refractivity (Wildman–Crippen MR) is 140 cm³/mol. The smallest absolute Gasteiger partial charge is 0.302 e. The van der Waals surface area contributed by atoms with Crippen LogP contribution in [0.2, 0.25) is 0 Å². The second kappa shape index (κ2) is 10.4. The van der Waals surface area contributed by atoms with Gasteiger partial charge in [-0.1, -0.05) is 34.6 Å². The molecule has 0 aromatic carbocycles. The maximum Gasteiger partial charge on any atom is 0.302 e. The number of rotatable bonds is 7. The normalized spacial score (nSPS) is 42.6. The number of hydrogen-bond acceptors (Lipinski definition) is 5. The molecule has 0 bridgehead atoms. The summed E-state index contributed by atoms with van der Waals surface area (Å²) in [6.45, 7) is 14.4. The number of ketones is 1. The number of fused-ring (bicyclic) bond motifs is 5. The Morgan fingerprint density at radius 1 is 0.806 bits per heavy atom. The van der Waals surface area contributed by atoms with Gasteiger partial charge in [-0.15, -0.1) is 0 Å². The quantitative estimate of drug-likeness (QED) is 0.360. The summed E-state index contributed by atoms with van der Waals surface area (Å²) in [6.07, 6.45) is 10.3. The van der Waals surface area contributed by atoms with E-state index in [-0.39, 0.29) is 41.4 Å². The number of carbonyl (C=O) groups is 3. The van der Waals surface area contributed by atoms with Crippen LogP contribution >= 0.6 is 0 Å². The summed E-state index contributed by atoms with van der Waals surface area (Å²) >= 11 is 0. The fourth-order valence-corrected chi connectivity index (χ4v) is 9.75. The molecule has 0 aliphatic heterocycles. The third-order valence-corrected chi connectivity index (χ3v) is 11.5. The van der Waals surface area contributed by atoms with Crippen molar-refractivity contribution in [1.29, 1.82) is 0 Å². The number of hydrogen-bond donors (Lipinski definition) is 0. The summed E-state index contributed by atoms with van der Waals surface area (Å²) in [5.41, 5.74) is 0.425. The molecule has 4 rings (SSSR count). The maximum atomic E-state index is 12.3. The molecule has 4 saturated carbocycles. The average Bonchev–Trinajstić information content (AvgIpc) is 3.14. The van der Waals surface area contributed by atoms with Crippen LogP contribution in [0, 0.1) is 52.3 Å². The average molecular weight is 503 g/mol. The molecule has 204 valence electrons. The Balaban J connectivity index is 1.54. The lowest BCUT2D eigenvalue weighted by Gasteiger charge is -2.62. The standard InChI is InChI=1S/C31H50O5/c1-18(2)28(34)11-8-19(3)24-9-10-25-23-17-29(36-21(5)33)27-16-22(35-20(4)32)12-14-31(27,7)26(23)13-15-30(24,25)6/h18-19,22-27,29H,8-17H2,1-7H3/t19-,22?,23+,24-,25+,26+,27?,29?,30-,31-/m1/s1. The third-order valence-electron chi connectivity index (χ3n) is 11.5. The molecular weight excluding hydrogens is 452 g/mol. The molecule has 4 aliphatic rings. The zero-order valence-electron chi connectivity index (χ0n) is 23.8. The van der Waals surface area contributed by atoms with Gasteiger partial charge in [0.15, 0.2) is 0 Å². The SMILES string of the molecule is CC(=O)OC1CC[C@@]2(C)C(C1)C(OC(C)=O)C[C@H]1[C@@H]3CC[C@H]([C@H](C)CCC(=O)C(C)C)[C@@]3(C)CC[C@@H]12. The van der Waals surface area contributed by atoms with E-state index in [1.807, 2.05) is 13.8 Å². The van der Waals surface area contributed by atoms with E-state index < -0.39 is 0 Å². The summed E-state index contributed by atoms with van der Waals surface area (Å²) in [7, 11) is 0. The van der Waals surface area contributed by atoms with Crippen molar-refractivity contribution in [1.82, 2.24) is 0 Å². The Morgan fingerprint density at radius 3 is 2.08 bits per heavy atom. The molecule has 4 fully saturated rings. The molecule has 0 heterocycles. The van der Waals surface area contributed by atoms with Crippen LogP contribution in [0.5, 0.6) is 0 Å². The summed E-state index contributed by atoms with van der Waals surface area (Å²) in [5, 5.41) is 0. The van der Waals surface area contributed by atoms with Gasteiger partial charge in [-0.3, -0.25) is 14.4 Å². The minimum absolute atomic E-state index is 0.0608. The molecule has 0 aromatic heterocycles. The first-order valence-corrected chi connectivity index (χ1v) is 14.7. The van der Waals surface area contributed by atoms with Crippen LogP contribution in [0.25, 0.3) is 0 Å². The molecule has 0 spiro atoms. The van der Waals surface area contributed by atoms with E-state index in [4.69, 9.17) is 9.47 Å². The van der Waals surface area contributed by atoms with Crippen molar-refractivity contribution in [2.45, 2.75) is 125 Å². The Labute approximate surface area is 218 Å².